The minimum atomic E-state index is 0.893. The van der Waals surface area contributed by atoms with Gasteiger partial charge in [-0.2, -0.15) is 0 Å². The zero-order chi connectivity index (χ0) is 17.0. The van der Waals surface area contributed by atoms with Crippen LogP contribution in [0.2, 0.25) is 0 Å². The maximum absolute atomic E-state index is 3.60. The molecular formula is C20H42N4. The lowest BCUT2D eigenvalue weighted by Gasteiger charge is -2.34. The lowest BCUT2D eigenvalue weighted by molar-refractivity contribution is 0.162. The van der Waals surface area contributed by atoms with E-state index in [-0.39, 0.29) is 0 Å². The van der Waals surface area contributed by atoms with E-state index in [0.29, 0.717) is 0 Å². The Morgan fingerprint density at radius 3 is 1.96 bits per heavy atom. The molecule has 2 saturated carbocycles. The SMILES string of the molecule is C1CC(CN2CCNCC2)C1.C1CC(CNC2CC2)CCN1.CC. The van der Waals surface area contributed by atoms with Gasteiger partial charge in [-0.15, -0.1) is 0 Å². The van der Waals surface area contributed by atoms with Crippen molar-refractivity contribution in [2.75, 3.05) is 52.4 Å². The molecule has 24 heavy (non-hydrogen) atoms. The van der Waals surface area contributed by atoms with Crippen molar-refractivity contribution in [2.24, 2.45) is 11.8 Å². The van der Waals surface area contributed by atoms with E-state index in [1.165, 1.54) is 97.3 Å². The second-order valence-corrected chi connectivity index (χ2v) is 7.72. The Bertz CT molecular complexity index is 290. The molecule has 0 bridgehead atoms. The lowest BCUT2D eigenvalue weighted by atomic mass is 9.85. The molecule has 4 rings (SSSR count). The third-order valence-corrected chi connectivity index (χ3v) is 5.68. The molecule has 4 nitrogen and oxygen atoms in total. The van der Waals surface area contributed by atoms with Gasteiger partial charge < -0.3 is 20.9 Å². The van der Waals surface area contributed by atoms with Gasteiger partial charge in [0.15, 0.2) is 0 Å². The van der Waals surface area contributed by atoms with Gasteiger partial charge in [-0.05, 0) is 70.0 Å². The molecule has 4 fully saturated rings. The van der Waals surface area contributed by atoms with Crippen LogP contribution in [-0.2, 0) is 0 Å². The Hall–Kier alpha value is -0.160. The highest BCUT2D eigenvalue weighted by Gasteiger charge is 2.22. The highest BCUT2D eigenvalue weighted by atomic mass is 15.2. The molecule has 0 spiro atoms. The van der Waals surface area contributed by atoms with E-state index >= 15 is 0 Å². The van der Waals surface area contributed by atoms with Gasteiger partial charge in [-0.25, -0.2) is 0 Å². The summed E-state index contributed by atoms with van der Waals surface area (Å²) in [6.45, 7) is 14.1. The molecule has 2 aliphatic carbocycles. The summed E-state index contributed by atoms with van der Waals surface area (Å²) < 4.78 is 0. The maximum atomic E-state index is 3.60. The van der Waals surface area contributed by atoms with Gasteiger partial charge in [0.25, 0.3) is 0 Å². The van der Waals surface area contributed by atoms with Crippen LogP contribution in [0, 0.1) is 11.8 Å². The van der Waals surface area contributed by atoms with Crippen LogP contribution in [0.4, 0.5) is 0 Å². The third kappa shape index (κ3) is 8.28. The van der Waals surface area contributed by atoms with E-state index in [9.17, 15) is 0 Å². The zero-order valence-corrected chi connectivity index (χ0v) is 16.3. The largest absolute Gasteiger partial charge is 0.317 e. The maximum Gasteiger partial charge on any atom is 0.0107 e. The summed E-state index contributed by atoms with van der Waals surface area (Å²) in [6.07, 6.45) is 10.1. The summed E-state index contributed by atoms with van der Waals surface area (Å²) in [7, 11) is 0. The van der Waals surface area contributed by atoms with Crippen LogP contribution in [-0.4, -0.2) is 63.3 Å². The fourth-order valence-corrected chi connectivity index (χ4v) is 3.64. The number of nitrogens with one attached hydrogen (secondary N) is 3. The van der Waals surface area contributed by atoms with Crippen LogP contribution in [0.5, 0.6) is 0 Å². The molecule has 0 radical (unpaired) electrons. The van der Waals surface area contributed by atoms with Crippen molar-refractivity contribution in [1.29, 1.82) is 0 Å². The van der Waals surface area contributed by atoms with Crippen molar-refractivity contribution < 1.29 is 0 Å². The molecule has 0 aromatic rings. The molecule has 0 unspecified atom stereocenters. The van der Waals surface area contributed by atoms with Crippen LogP contribution in [0.25, 0.3) is 0 Å². The summed E-state index contributed by atoms with van der Waals surface area (Å²) >= 11 is 0. The fourth-order valence-electron chi connectivity index (χ4n) is 3.64. The number of nitrogens with zero attached hydrogens (tertiary/aromatic N) is 1. The lowest BCUT2D eigenvalue weighted by Crippen LogP contribution is -2.46. The number of piperidine rings is 1. The van der Waals surface area contributed by atoms with Gasteiger partial charge in [0.2, 0.25) is 0 Å². The molecule has 2 aliphatic heterocycles. The number of hydrogen-bond acceptors (Lipinski definition) is 4. The van der Waals surface area contributed by atoms with Crippen LogP contribution in [0.1, 0.15) is 58.8 Å². The number of piperazine rings is 1. The summed E-state index contributed by atoms with van der Waals surface area (Å²) in [5.74, 6) is 2.00. The predicted molar refractivity (Wildman–Crippen MR) is 105 cm³/mol. The molecule has 4 aliphatic rings. The first kappa shape index (κ1) is 20.2. The first-order chi connectivity index (χ1) is 11.9. The van der Waals surface area contributed by atoms with Gasteiger partial charge in [0, 0.05) is 38.8 Å². The smallest absolute Gasteiger partial charge is 0.0107 e. The highest BCUT2D eigenvalue weighted by Crippen LogP contribution is 2.27. The summed E-state index contributed by atoms with van der Waals surface area (Å²) in [4.78, 5) is 2.61. The molecule has 2 saturated heterocycles. The van der Waals surface area contributed by atoms with Crippen molar-refractivity contribution in [3.63, 3.8) is 0 Å². The molecular weight excluding hydrogens is 296 g/mol. The predicted octanol–water partition coefficient (Wildman–Crippen LogP) is 2.46. The normalized spacial score (nSPS) is 25.8. The first-order valence-electron chi connectivity index (χ1n) is 10.8. The van der Waals surface area contributed by atoms with Crippen LogP contribution < -0.4 is 16.0 Å². The Kier molecular flexibility index (Phi) is 10.3. The van der Waals surface area contributed by atoms with E-state index in [0.717, 1.165) is 17.9 Å². The van der Waals surface area contributed by atoms with E-state index in [1.54, 1.807) is 0 Å². The third-order valence-electron chi connectivity index (χ3n) is 5.68. The minimum Gasteiger partial charge on any atom is -0.317 e. The average molecular weight is 339 g/mol. The van der Waals surface area contributed by atoms with Crippen molar-refractivity contribution >= 4 is 0 Å². The first-order valence-corrected chi connectivity index (χ1v) is 10.8. The van der Waals surface area contributed by atoms with E-state index in [4.69, 9.17) is 0 Å². The molecule has 0 atom stereocenters. The zero-order valence-electron chi connectivity index (χ0n) is 16.3. The van der Waals surface area contributed by atoms with Crippen LogP contribution in [0.15, 0.2) is 0 Å². The Labute approximate surface area is 150 Å². The molecule has 3 N–H and O–H groups in total. The summed E-state index contributed by atoms with van der Waals surface area (Å²) in [5, 5.41) is 10.4. The highest BCUT2D eigenvalue weighted by molar-refractivity contribution is 4.82. The van der Waals surface area contributed by atoms with Gasteiger partial charge in [-0.3, -0.25) is 0 Å². The monoisotopic (exact) mass is 338 g/mol. The topological polar surface area (TPSA) is 39.3 Å². The Balaban J connectivity index is 0.000000158. The molecule has 142 valence electrons. The summed E-state index contributed by atoms with van der Waals surface area (Å²) in [5.41, 5.74) is 0. The van der Waals surface area contributed by atoms with E-state index < -0.39 is 0 Å². The van der Waals surface area contributed by atoms with Crippen LogP contribution in [0.3, 0.4) is 0 Å². The molecule has 0 aromatic heterocycles. The van der Waals surface area contributed by atoms with Gasteiger partial charge >= 0.3 is 0 Å². The number of hydrogen-bond donors (Lipinski definition) is 3. The standard InChI is InChI=1S/2C9H18N2.C2H6/c1-2-9(1)11-7-8-3-5-10-6-4-8;1-2-9(3-1)8-11-6-4-10-5-7-11;1-2/h8-11H,1-7H2;9-10H,1-8H2;1-2H3. The molecule has 4 heteroatoms. The average Bonchev–Trinajstić information content (AvgIpc) is 3.45. The molecule has 0 aromatic carbocycles. The summed E-state index contributed by atoms with van der Waals surface area (Å²) in [6, 6.07) is 0.893. The molecule has 0 amide bonds. The quantitative estimate of drug-likeness (QED) is 0.720. The van der Waals surface area contributed by atoms with Gasteiger partial charge in [-0.1, -0.05) is 20.3 Å². The van der Waals surface area contributed by atoms with Gasteiger partial charge in [0.1, 0.15) is 0 Å². The second kappa shape index (κ2) is 12.2. The van der Waals surface area contributed by atoms with Crippen molar-refractivity contribution in [3.05, 3.63) is 0 Å². The minimum absolute atomic E-state index is 0.893. The van der Waals surface area contributed by atoms with Crippen molar-refractivity contribution in [3.8, 4) is 0 Å². The number of rotatable bonds is 5. The fraction of sp³-hybridized carbons (Fsp3) is 1.00. The molecule has 2 heterocycles. The van der Waals surface area contributed by atoms with Crippen molar-refractivity contribution in [1.82, 2.24) is 20.9 Å². The second-order valence-electron chi connectivity index (χ2n) is 7.72. The van der Waals surface area contributed by atoms with Gasteiger partial charge in [0.05, 0.1) is 0 Å². The Morgan fingerprint density at radius 2 is 1.42 bits per heavy atom. The van der Waals surface area contributed by atoms with E-state index in [1.807, 2.05) is 13.8 Å². The Morgan fingerprint density at radius 1 is 0.792 bits per heavy atom. The van der Waals surface area contributed by atoms with Crippen LogP contribution >= 0.6 is 0 Å². The van der Waals surface area contributed by atoms with Crippen molar-refractivity contribution in [2.45, 2.75) is 64.8 Å². The van der Waals surface area contributed by atoms with E-state index in [2.05, 4.69) is 20.9 Å².